The summed E-state index contributed by atoms with van der Waals surface area (Å²) >= 11 is 0. The van der Waals surface area contributed by atoms with E-state index < -0.39 is 60.3 Å². The van der Waals surface area contributed by atoms with E-state index in [4.69, 9.17) is 10.8 Å². The Hall–Kier alpha value is -2.43. The molecule has 1 atom stereocenters. The molecule has 0 aliphatic carbocycles. The summed E-state index contributed by atoms with van der Waals surface area (Å²) in [7, 11) is 0. The van der Waals surface area contributed by atoms with Crippen LogP contribution in [0.3, 0.4) is 0 Å². The summed E-state index contributed by atoms with van der Waals surface area (Å²) in [5, 5.41) is 9.10. The Morgan fingerprint density at radius 3 is 2.26 bits per heavy atom. The molecule has 1 aliphatic heterocycles. The van der Waals surface area contributed by atoms with Gasteiger partial charge in [-0.1, -0.05) is 0 Å². The van der Waals surface area contributed by atoms with E-state index in [2.05, 4.69) is 0 Å². The molecular formula is C12H10F5N3O3. The Morgan fingerprint density at radius 1 is 1.26 bits per heavy atom. The highest BCUT2D eigenvalue weighted by Crippen LogP contribution is 2.36. The van der Waals surface area contributed by atoms with Gasteiger partial charge in [0.1, 0.15) is 12.6 Å². The second-order valence-electron chi connectivity index (χ2n) is 4.79. The van der Waals surface area contributed by atoms with Crippen LogP contribution >= 0.6 is 0 Å². The van der Waals surface area contributed by atoms with Gasteiger partial charge < -0.3 is 10.8 Å². The largest absolute Gasteiger partial charge is 0.465 e. The molecule has 23 heavy (non-hydrogen) atoms. The van der Waals surface area contributed by atoms with Crippen molar-refractivity contribution in [3.05, 3.63) is 23.8 Å². The number of halogens is 5. The molecule has 11 heteroatoms. The summed E-state index contributed by atoms with van der Waals surface area (Å²) < 4.78 is 64.8. The van der Waals surface area contributed by atoms with E-state index in [-0.39, 0.29) is 4.90 Å². The van der Waals surface area contributed by atoms with Gasteiger partial charge in [-0.05, 0) is 0 Å². The highest BCUT2D eigenvalue weighted by Gasteiger charge is 2.41. The van der Waals surface area contributed by atoms with Gasteiger partial charge in [-0.25, -0.2) is 13.6 Å². The predicted octanol–water partition coefficient (Wildman–Crippen LogP) is 1.69. The topological polar surface area (TPSA) is 86.9 Å². The molecule has 0 bridgehead atoms. The standard InChI is InChI=1S/C12H10F5N3O3/c13-5-1-8-9(2-6(5)14)20(4-12(15,16)17)10(21)7(18)3-19(8)11(22)23/h1-2,7H,3-4,18H2,(H,22,23). The van der Waals surface area contributed by atoms with Crippen molar-refractivity contribution in [2.45, 2.75) is 12.2 Å². The van der Waals surface area contributed by atoms with Crippen LogP contribution in [0.5, 0.6) is 0 Å². The van der Waals surface area contributed by atoms with Gasteiger partial charge in [-0.3, -0.25) is 14.6 Å². The number of fused-ring (bicyclic) bond motifs is 1. The van der Waals surface area contributed by atoms with Crippen LogP contribution < -0.4 is 15.5 Å². The van der Waals surface area contributed by atoms with Crippen LogP contribution in [0, 0.1) is 11.6 Å². The van der Waals surface area contributed by atoms with Gasteiger partial charge in [0.25, 0.3) is 0 Å². The van der Waals surface area contributed by atoms with Crippen molar-refractivity contribution < 1.29 is 36.6 Å². The van der Waals surface area contributed by atoms with Crippen LogP contribution in [0.15, 0.2) is 12.1 Å². The second-order valence-corrected chi connectivity index (χ2v) is 4.79. The fourth-order valence-corrected chi connectivity index (χ4v) is 2.17. The van der Waals surface area contributed by atoms with Crippen LogP contribution in [-0.2, 0) is 4.79 Å². The number of nitrogens with zero attached hydrogens (tertiary/aromatic N) is 2. The summed E-state index contributed by atoms with van der Waals surface area (Å²) in [6.07, 6.45) is -6.52. The first-order valence-corrected chi connectivity index (χ1v) is 6.14. The molecule has 0 aromatic heterocycles. The lowest BCUT2D eigenvalue weighted by atomic mass is 10.2. The first-order valence-electron chi connectivity index (χ1n) is 6.14. The molecular weight excluding hydrogens is 329 g/mol. The van der Waals surface area contributed by atoms with Crippen molar-refractivity contribution in [1.82, 2.24) is 0 Å². The number of hydrogen-bond donors (Lipinski definition) is 2. The number of alkyl halides is 3. The van der Waals surface area contributed by atoms with E-state index in [1.54, 1.807) is 0 Å². The van der Waals surface area contributed by atoms with E-state index in [1.807, 2.05) is 0 Å². The Morgan fingerprint density at radius 2 is 1.78 bits per heavy atom. The number of nitrogens with two attached hydrogens (primary N) is 1. The van der Waals surface area contributed by atoms with Crippen molar-refractivity contribution >= 4 is 23.4 Å². The molecule has 0 saturated carbocycles. The van der Waals surface area contributed by atoms with Crippen molar-refractivity contribution in [2.24, 2.45) is 5.73 Å². The summed E-state index contributed by atoms with van der Waals surface area (Å²) in [4.78, 5) is 23.7. The zero-order valence-corrected chi connectivity index (χ0v) is 11.3. The zero-order valence-electron chi connectivity index (χ0n) is 11.3. The highest BCUT2D eigenvalue weighted by atomic mass is 19.4. The van der Waals surface area contributed by atoms with E-state index in [9.17, 15) is 31.5 Å². The van der Waals surface area contributed by atoms with E-state index >= 15 is 0 Å². The molecule has 1 heterocycles. The molecule has 0 radical (unpaired) electrons. The summed E-state index contributed by atoms with van der Waals surface area (Å²) in [6.45, 7) is -2.51. The van der Waals surface area contributed by atoms with Crippen molar-refractivity contribution in [2.75, 3.05) is 22.9 Å². The van der Waals surface area contributed by atoms with Crippen LogP contribution in [0.2, 0.25) is 0 Å². The lowest BCUT2D eigenvalue weighted by Gasteiger charge is -2.25. The minimum Gasteiger partial charge on any atom is -0.465 e. The van der Waals surface area contributed by atoms with Gasteiger partial charge in [0, 0.05) is 12.1 Å². The number of rotatable bonds is 1. The van der Waals surface area contributed by atoms with Crippen molar-refractivity contribution in [1.29, 1.82) is 0 Å². The highest BCUT2D eigenvalue weighted by molar-refractivity contribution is 6.05. The minimum absolute atomic E-state index is 0.103. The van der Waals surface area contributed by atoms with Crippen LogP contribution in [0.1, 0.15) is 0 Å². The third-order valence-corrected chi connectivity index (χ3v) is 3.13. The number of hydrogen-bond acceptors (Lipinski definition) is 3. The van der Waals surface area contributed by atoms with E-state index in [1.165, 1.54) is 0 Å². The van der Waals surface area contributed by atoms with Gasteiger partial charge in [-0.2, -0.15) is 13.2 Å². The van der Waals surface area contributed by atoms with Gasteiger partial charge in [0.15, 0.2) is 11.6 Å². The minimum atomic E-state index is -4.85. The number of benzene rings is 1. The Labute approximate surface area is 125 Å². The Balaban J connectivity index is 2.67. The molecule has 1 unspecified atom stereocenters. The van der Waals surface area contributed by atoms with Crippen molar-refractivity contribution in [3.63, 3.8) is 0 Å². The molecule has 1 aliphatic rings. The maximum Gasteiger partial charge on any atom is 0.411 e. The fraction of sp³-hybridized carbons (Fsp3) is 0.333. The molecule has 0 spiro atoms. The summed E-state index contributed by atoms with van der Waals surface area (Å²) in [6, 6.07) is -0.873. The summed E-state index contributed by atoms with van der Waals surface area (Å²) in [5.74, 6) is -4.24. The maximum absolute atomic E-state index is 13.4. The van der Waals surface area contributed by atoms with Crippen LogP contribution in [0.25, 0.3) is 0 Å². The number of amides is 2. The SMILES string of the molecule is NC1CN(C(=O)O)c2cc(F)c(F)cc2N(CC(F)(F)F)C1=O. The molecule has 1 aromatic rings. The summed E-state index contributed by atoms with van der Waals surface area (Å²) in [5.41, 5.74) is 4.10. The normalized spacial score (nSPS) is 18.7. The van der Waals surface area contributed by atoms with Gasteiger partial charge >= 0.3 is 12.3 Å². The first-order chi connectivity index (χ1) is 10.5. The molecule has 126 valence electrons. The maximum atomic E-state index is 13.4. The monoisotopic (exact) mass is 339 g/mol. The quantitative estimate of drug-likeness (QED) is 0.762. The smallest absolute Gasteiger partial charge is 0.411 e. The third-order valence-electron chi connectivity index (χ3n) is 3.13. The van der Waals surface area contributed by atoms with E-state index in [0.717, 1.165) is 0 Å². The molecule has 0 fully saturated rings. The lowest BCUT2D eigenvalue weighted by molar-refractivity contribution is -0.132. The average Bonchev–Trinajstić information content (AvgIpc) is 2.50. The van der Waals surface area contributed by atoms with Gasteiger partial charge in [0.05, 0.1) is 17.9 Å². The van der Waals surface area contributed by atoms with Crippen LogP contribution in [-0.4, -0.2) is 42.4 Å². The van der Waals surface area contributed by atoms with Crippen molar-refractivity contribution in [3.8, 4) is 0 Å². The Kier molecular flexibility index (Phi) is 4.16. The zero-order chi connectivity index (χ0) is 17.5. The molecule has 3 N–H and O–H groups in total. The number of carbonyl (C=O) groups is 2. The molecule has 6 nitrogen and oxygen atoms in total. The third kappa shape index (κ3) is 3.33. The molecule has 2 rings (SSSR count). The fourth-order valence-electron chi connectivity index (χ4n) is 2.17. The Bertz CT molecular complexity index is 664. The van der Waals surface area contributed by atoms with Gasteiger partial charge in [0.2, 0.25) is 5.91 Å². The first kappa shape index (κ1) is 16.9. The van der Waals surface area contributed by atoms with E-state index in [0.29, 0.717) is 17.0 Å². The lowest BCUT2D eigenvalue weighted by Crippen LogP contribution is -2.50. The average molecular weight is 339 g/mol. The van der Waals surface area contributed by atoms with Gasteiger partial charge in [-0.15, -0.1) is 0 Å². The molecule has 1 aromatic carbocycles. The number of carbonyl (C=O) groups excluding carboxylic acids is 1. The predicted molar refractivity (Wildman–Crippen MR) is 68.1 cm³/mol. The number of anilines is 2. The second kappa shape index (κ2) is 5.65. The number of carboxylic acid groups (broad SMARTS) is 1. The molecule has 2 amide bonds. The van der Waals surface area contributed by atoms with Crippen LogP contribution in [0.4, 0.5) is 38.1 Å². The molecule has 0 saturated heterocycles.